The summed E-state index contributed by atoms with van der Waals surface area (Å²) in [5.41, 5.74) is 6.56. The van der Waals surface area contributed by atoms with E-state index in [-0.39, 0.29) is 17.9 Å². The van der Waals surface area contributed by atoms with Crippen molar-refractivity contribution in [1.29, 1.82) is 0 Å². The maximum atomic E-state index is 12.7. The minimum absolute atomic E-state index is 0.0226. The molecular weight excluding hydrogens is 318 g/mol. The molecule has 6 heteroatoms. The molecule has 1 aliphatic heterocycles. The molecule has 1 saturated heterocycles. The van der Waals surface area contributed by atoms with Crippen molar-refractivity contribution >= 4 is 11.8 Å². The monoisotopic (exact) mass is 347 g/mol. The summed E-state index contributed by atoms with van der Waals surface area (Å²) in [6.45, 7) is 5.32. The highest BCUT2D eigenvalue weighted by Crippen LogP contribution is 2.17. The van der Waals surface area contributed by atoms with Gasteiger partial charge < -0.3 is 20.7 Å². The quantitative estimate of drug-likeness (QED) is 0.702. The minimum Gasteiger partial charge on any atom is -0.378 e. The van der Waals surface area contributed by atoms with Gasteiger partial charge in [-0.15, -0.1) is 0 Å². The van der Waals surface area contributed by atoms with Gasteiger partial charge in [-0.1, -0.05) is 13.0 Å². The van der Waals surface area contributed by atoms with Crippen LogP contribution < -0.4 is 11.1 Å². The van der Waals surface area contributed by atoms with Crippen LogP contribution in [-0.2, 0) is 4.74 Å². The van der Waals surface area contributed by atoms with Crippen LogP contribution in [0.4, 0.5) is 0 Å². The van der Waals surface area contributed by atoms with Gasteiger partial charge in [0, 0.05) is 37.4 Å². The second kappa shape index (κ2) is 10.2. The lowest BCUT2D eigenvalue weighted by Crippen LogP contribution is -2.41. The standard InChI is InChI=1S/C19H29N3O3/c1-2-10-21-18(23)15-5-3-6-16(14-15)19(24)22-11-7-17(8-12-22)25-13-4-9-20/h3,5-6,14,17H,2,4,7-13,20H2,1H3,(H,21,23). The molecule has 3 N–H and O–H groups in total. The zero-order valence-electron chi connectivity index (χ0n) is 15.0. The average molecular weight is 347 g/mol. The van der Waals surface area contributed by atoms with Crippen LogP contribution in [0.3, 0.4) is 0 Å². The lowest BCUT2D eigenvalue weighted by molar-refractivity contribution is 0.00844. The second-order valence-corrected chi connectivity index (χ2v) is 6.34. The lowest BCUT2D eigenvalue weighted by Gasteiger charge is -2.32. The largest absolute Gasteiger partial charge is 0.378 e. The van der Waals surface area contributed by atoms with Gasteiger partial charge in [-0.05, 0) is 50.4 Å². The summed E-state index contributed by atoms with van der Waals surface area (Å²) in [6, 6.07) is 6.94. The smallest absolute Gasteiger partial charge is 0.253 e. The Hall–Kier alpha value is -1.92. The fraction of sp³-hybridized carbons (Fsp3) is 0.579. The Bertz CT molecular complexity index is 569. The summed E-state index contributed by atoms with van der Waals surface area (Å²) >= 11 is 0. The van der Waals surface area contributed by atoms with E-state index in [1.807, 2.05) is 11.8 Å². The van der Waals surface area contributed by atoms with Crippen molar-refractivity contribution in [2.45, 2.75) is 38.7 Å². The van der Waals surface area contributed by atoms with Gasteiger partial charge in [0.05, 0.1) is 6.10 Å². The first-order valence-electron chi connectivity index (χ1n) is 9.15. The summed E-state index contributed by atoms with van der Waals surface area (Å²) < 4.78 is 5.77. The summed E-state index contributed by atoms with van der Waals surface area (Å²) in [5, 5.41) is 2.84. The van der Waals surface area contributed by atoms with Crippen LogP contribution >= 0.6 is 0 Å². The van der Waals surface area contributed by atoms with Gasteiger partial charge in [-0.25, -0.2) is 0 Å². The molecule has 2 rings (SSSR count). The van der Waals surface area contributed by atoms with Gasteiger partial charge in [0.25, 0.3) is 11.8 Å². The molecule has 0 aromatic heterocycles. The van der Waals surface area contributed by atoms with Crippen molar-refractivity contribution in [1.82, 2.24) is 10.2 Å². The first-order chi connectivity index (χ1) is 12.2. The third-order valence-electron chi connectivity index (χ3n) is 4.34. The summed E-state index contributed by atoms with van der Waals surface area (Å²) in [7, 11) is 0. The highest BCUT2D eigenvalue weighted by molar-refractivity contribution is 5.99. The maximum Gasteiger partial charge on any atom is 0.253 e. The van der Waals surface area contributed by atoms with Gasteiger partial charge in [-0.2, -0.15) is 0 Å². The van der Waals surface area contributed by atoms with E-state index >= 15 is 0 Å². The van der Waals surface area contributed by atoms with Crippen molar-refractivity contribution in [2.75, 3.05) is 32.8 Å². The number of hydrogen-bond donors (Lipinski definition) is 2. The summed E-state index contributed by atoms with van der Waals surface area (Å²) in [4.78, 5) is 26.6. The van der Waals surface area contributed by atoms with Crippen molar-refractivity contribution in [2.24, 2.45) is 5.73 Å². The Morgan fingerprint density at radius 3 is 2.68 bits per heavy atom. The highest BCUT2D eigenvalue weighted by Gasteiger charge is 2.24. The molecule has 0 spiro atoms. The fourth-order valence-corrected chi connectivity index (χ4v) is 2.88. The van der Waals surface area contributed by atoms with Crippen LogP contribution in [0, 0.1) is 0 Å². The van der Waals surface area contributed by atoms with Crippen LogP contribution in [0.15, 0.2) is 24.3 Å². The molecule has 138 valence electrons. The number of rotatable bonds is 8. The van der Waals surface area contributed by atoms with E-state index in [2.05, 4.69) is 5.32 Å². The number of nitrogens with one attached hydrogen (secondary N) is 1. The van der Waals surface area contributed by atoms with Crippen LogP contribution in [0.5, 0.6) is 0 Å². The SMILES string of the molecule is CCCNC(=O)c1cccc(C(=O)N2CCC(OCCCN)CC2)c1. The van der Waals surface area contributed by atoms with Crippen molar-refractivity contribution in [3.8, 4) is 0 Å². The van der Waals surface area contributed by atoms with Crippen LogP contribution in [0.2, 0.25) is 0 Å². The predicted molar refractivity (Wildman–Crippen MR) is 97.6 cm³/mol. The number of nitrogens with zero attached hydrogens (tertiary/aromatic N) is 1. The highest BCUT2D eigenvalue weighted by atomic mass is 16.5. The normalized spacial score (nSPS) is 15.2. The number of likely N-dealkylation sites (tertiary alicyclic amines) is 1. The van der Waals surface area contributed by atoms with Crippen molar-refractivity contribution < 1.29 is 14.3 Å². The van der Waals surface area contributed by atoms with Gasteiger partial charge >= 0.3 is 0 Å². The Morgan fingerprint density at radius 1 is 1.28 bits per heavy atom. The van der Waals surface area contributed by atoms with Crippen LogP contribution in [-0.4, -0.2) is 55.6 Å². The van der Waals surface area contributed by atoms with Crippen molar-refractivity contribution in [3.05, 3.63) is 35.4 Å². The Balaban J connectivity index is 1.90. The Kier molecular flexibility index (Phi) is 7.88. The van der Waals surface area contributed by atoms with E-state index in [0.717, 1.165) is 25.7 Å². The van der Waals surface area contributed by atoms with E-state index in [1.54, 1.807) is 24.3 Å². The Labute approximate surface area is 149 Å². The molecular formula is C19H29N3O3. The Morgan fingerprint density at radius 2 is 2.00 bits per heavy atom. The number of carbonyl (C=O) groups excluding carboxylic acids is 2. The molecule has 2 amide bonds. The fourth-order valence-electron chi connectivity index (χ4n) is 2.88. The van der Waals surface area contributed by atoms with E-state index in [0.29, 0.717) is 43.9 Å². The van der Waals surface area contributed by atoms with Crippen LogP contribution in [0.1, 0.15) is 53.3 Å². The number of piperidine rings is 1. The molecule has 1 aliphatic rings. The predicted octanol–water partition coefficient (Wildman–Crippen LogP) is 1.80. The number of nitrogens with two attached hydrogens (primary N) is 1. The van der Waals surface area contributed by atoms with Crippen molar-refractivity contribution in [3.63, 3.8) is 0 Å². The topological polar surface area (TPSA) is 84.7 Å². The molecule has 0 aliphatic carbocycles. The molecule has 6 nitrogen and oxygen atoms in total. The average Bonchev–Trinajstić information content (AvgIpc) is 2.66. The number of carbonyl (C=O) groups is 2. The molecule has 1 aromatic carbocycles. The third kappa shape index (κ3) is 5.83. The summed E-state index contributed by atoms with van der Waals surface area (Å²) in [5.74, 6) is -0.158. The molecule has 0 saturated carbocycles. The molecule has 1 aromatic rings. The maximum absolute atomic E-state index is 12.7. The number of amides is 2. The molecule has 1 heterocycles. The zero-order chi connectivity index (χ0) is 18.1. The molecule has 0 radical (unpaired) electrons. The van der Waals surface area contributed by atoms with E-state index in [4.69, 9.17) is 10.5 Å². The van der Waals surface area contributed by atoms with E-state index < -0.39 is 0 Å². The lowest BCUT2D eigenvalue weighted by atomic mass is 10.0. The minimum atomic E-state index is -0.136. The zero-order valence-corrected chi connectivity index (χ0v) is 15.0. The molecule has 0 atom stereocenters. The number of benzene rings is 1. The van der Waals surface area contributed by atoms with Gasteiger partial charge in [-0.3, -0.25) is 9.59 Å². The molecule has 1 fully saturated rings. The second-order valence-electron chi connectivity index (χ2n) is 6.34. The first kappa shape index (κ1) is 19.4. The molecule has 25 heavy (non-hydrogen) atoms. The van der Waals surface area contributed by atoms with E-state index in [9.17, 15) is 9.59 Å². The van der Waals surface area contributed by atoms with E-state index in [1.165, 1.54) is 0 Å². The van der Waals surface area contributed by atoms with Crippen LogP contribution in [0.25, 0.3) is 0 Å². The van der Waals surface area contributed by atoms with Gasteiger partial charge in [0.2, 0.25) is 0 Å². The summed E-state index contributed by atoms with van der Waals surface area (Å²) in [6.07, 6.45) is 3.64. The molecule has 0 unspecified atom stereocenters. The number of hydrogen-bond acceptors (Lipinski definition) is 4. The first-order valence-corrected chi connectivity index (χ1v) is 9.15. The number of ether oxygens (including phenoxy) is 1. The third-order valence-corrected chi connectivity index (χ3v) is 4.34. The molecule has 0 bridgehead atoms. The van der Waals surface area contributed by atoms with Gasteiger partial charge in [0.15, 0.2) is 0 Å². The van der Waals surface area contributed by atoms with Gasteiger partial charge in [0.1, 0.15) is 0 Å².